The first-order chi connectivity index (χ1) is 8.24. The molecule has 18 heavy (non-hydrogen) atoms. The zero-order chi connectivity index (χ0) is 11.8. The van der Waals surface area contributed by atoms with Gasteiger partial charge in [0.15, 0.2) is 0 Å². The van der Waals surface area contributed by atoms with Crippen LogP contribution in [-0.4, -0.2) is 36.5 Å². The summed E-state index contributed by atoms with van der Waals surface area (Å²) in [5.41, 5.74) is 7.02. The van der Waals surface area contributed by atoms with Gasteiger partial charge in [-0.3, -0.25) is 4.79 Å². The number of ether oxygens (including phenoxy) is 1. The Bertz CT molecular complexity index is 426. The van der Waals surface area contributed by atoms with Crippen molar-refractivity contribution in [2.75, 3.05) is 19.7 Å². The third-order valence-electron chi connectivity index (χ3n) is 3.35. The van der Waals surface area contributed by atoms with Gasteiger partial charge in [0.1, 0.15) is 0 Å². The molecular formula is C12H17ClN2O2S. The number of nitrogens with zero attached hydrogens (tertiary/aromatic N) is 1. The molecule has 1 fully saturated rings. The van der Waals surface area contributed by atoms with E-state index in [0.717, 1.165) is 30.9 Å². The van der Waals surface area contributed by atoms with Gasteiger partial charge < -0.3 is 15.4 Å². The van der Waals surface area contributed by atoms with Gasteiger partial charge in [-0.15, -0.1) is 23.7 Å². The van der Waals surface area contributed by atoms with Gasteiger partial charge in [-0.05, 0) is 18.1 Å². The van der Waals surface area contributed by atoms with Crippen LogP contribution in [-0.2, 0) is 17.8 Å². The van der Waals surface area contributed by atoms with E-state index >= 15 is 0 Å². The maximum atomic E-state index is 12.3. The Balaban J connectivity index is 0.00000120. The zero-order valence-corrected chi connectivity index (χ0v) is 11.7. The lowest BCUT2D eigenvalue weighted by molar-refractivity contribution is 0.0795. The van der Waals surface area contributed by atoms with Crippen LogP contribution in [0, 0.1) is 0 Å². The average molecular weight is 289 g/mol. The van der Waals surface area contributed by atoms with Crippen LogP contribution >= 0.6 is 23.7 Å². The van der Waals surface area contributed by atoms with Gasteiger partial charge in [-0.25, -0.2) is 0 Å². The Hall–Kier alpha value is -0.620. The predicted molar refractivity (Wildman–Crippen MR) is 73.4 cm³/mol. The summed E-state index contributed by atoms with van der Waals surface area (Å²) in [5.74, 6) is 0.136. The molecule has 1 aromatic heterocycles. The van der Waals surface area contributed by atoms with Crippen molar-refractivity contribution in [2.45, 2.75) is 25.5 Å². The lowest BCUT2D eigenvalue weighted by atomic mass is 10.2. The Morgan fingerprint density at radius 2 is 2.39 bits per heavy atom. The van der Waals surface area contributed by atoms with Gasteiger partial charge in [0, 0.05) is 30.4 Å². The first-order valence-corrected chi connectivity index (χ1v) is 6.80. The van der Waals surface area contributed by atoms with Gasteiger partial charge in [-0.1, -0.05) is 0 Å². The van der Waals surface area contributed by atoms with Crippen molar-refractivity contribution in [1.82, 2.24) is 4.90 Å². The molecule has 0 radical (unpaired) electrons. The van der Waals surface area contributed by atoms with E-state index in [0.29, 0.717) is 13.2 Å². The molecule has 100 valence electrons. The number of amides is 1. The molecule has 2 aliphatic heterocycles. The van der Waals surface area contributed by atoms with Crippen LogP contribution in [0.25, 0.3) is 0 Å². The van der Waals surface area contributed by atoms with Gasteiger partial charge in [0.2, 0.25) is 0 Å². The number of nitrogens with two attached hydrogens (primary N) is 1. The molecule has 0 saturated carbocycles. The normalized spacial score (nSPS) is 22.5. The maximum Gasteiger partial charge on any atom is 0.263 e. The Kier molecular flexibility index (Phi) is 4.27. The fraction of sp³-hybridized carbons (Fsp3) is 0.583. The van der Waals surface area contributed by atoms with E-state index in [9.17, 15) is 4.79 Å². The smallest absolute Gasteiger partial charge is 0.263 e. The van der Waals surface area contributed by atoms with E-state index < -0.39 is 0 Å². The first-order valence-electron chi connectivity index (χ1n) is 5.98. The average Bonchev–Trinajstić information content (AvgIpc) is 2.93. The monoisotopic (exact) mass is 288 g/mol. The molecule has 2 aliphatic rings. The van der Waals surface area contributed by atoms with Crippen molar-refractivity contribution in [3.63, 3.8) is 0 Å². The second-order valence-corrected chi connectivity index (χ2v) is 5.80. The molecule has 2 N–H and O–H groups in total. The van der Waals surface area contributed by atoms with Crippen LogP contribution in [0.4, 0.5) is 0 Å². The van der Waals surface area contributed by atoms with E-state index in [1.165, 1.54) is 10.4 Å². The van der Waals surface area contributed by atoms with Crippen LogP contribution in [0.3, 0.4) is 0 Å². The third kappa shape index (κ3) is 2.54. The molecule has 4 nitrogen and oxygen atoms in total. The molecule has 0 bridgehead atoms. The summed E-state index contributed by atoms with van der Waals surface area (Å²) < 4.78 is 5.39. The van der Waals surface area contributed by atoms with Crippen molar-refractivity contribution in [1.29, 1.82) is 0 Å². The fourth-order valence-corrected chi connectivity index (χ4v) is 3.50. The molecular weight excluding hydrogens is 272 g/mol. The highest BCUT2D eigenvalue weighted by Gasteiger charge is 2.26. The third-order valence-corrected chi connectivity index (χ3v) is 4.58. The van der Waals surface area contributed by atoms with E-state index in [1.54, 1.807) is 11.3 Å². The summed E-state index contributed by atoms with van der Waals surface area (Å²) in [6, 6.07) is 2.14. The van der Waals surface area contributed by atoms with Crippen LogP contribution in [0.15, 0.2) is 6.07 Å². The van der Waals surface area contributed by atoms with Crippen LogP contribution in [0.1, 0.15) is 26.5 Å². The number of hydrogen-bond acceptors (Lipinski definition) is 4. The van der Waals surface area contributed by atoms with Crippen molar-refractivity contribution in [3.05, 3.63) is 21.4 Å². The molecule has 0 spiro atoms. The summed E-state index contributed by atoms with van der Waals surface area (Å²) >= 11 is 1.62. The molecule has 3 rings (SSSR count). The number of carbonyl (C=O) groups is 1. The van der Waals surface area contributed by atoms with Gasteiger partial charge in [-0.2, -0.15) is 0 Å². The number of hydrogen-bond donors (Lipinski definition) is 1. The first kappa shape index (κ1) is 13.8. The summed E-state index contributed by atoms with van der Waals surface area (Å²) in [7, 11) is 0. The Labute approximate surface area is 117 Å². The van der Waals surface area contributed by atoms with Gasteiger partial charge in [0.25, 0.3) is 5.91 Å². The molecule has 0 unspecified atom stereocenters. The SMILES string of the molecule is Cl.N[C@@H]1CCN(C(=O)c2cc3c(s2)CCOC3)C1. The summed E-state index contributed by atoms with van der Waals surface area (Å²) in [6.45, 7) is 2.91. The van der Waals surface area contributed by atoms with Crippen LogP contribution in [0.2, 0.25) is 0 Å². The topological polar surface area (TPSA) is 55.6 Å². The fourth-order valence-electron chi connectivity index (χ4n) is 2.38. The lowest BCUT2D eigenvalue weighted by Crippen LogP contribution is -2.31. The summed E-state index contributed by atoms with van der Waals surface area (Å²) in [6.07, 6.45) is 1.85. The minimum absolute atomic E-state index is 0. The van der Waals surface area contributed by atoms with E-state index in [2.05, 4.69) is 0 Å². The van der Waals surface area contributed by atoms with E-state index in [-0.39, 0.29) is 24.4 Å². The van der Waals surface area contributed by atoms with Crippen LogP contribution < -0.4 is 5.73 Å². The number of carbonyl (C=O) groups excluding carboxylic acids is 1. The number of halogens is 1. The van der Waals surface area contributed by atoms with Crippen molar-refractivity contribution in [2.24, 2.45) is 5.73 Å². The molecule has 6 heteroatoms. The molecule has 1 saturated heterocycles. The van der Waals surface area contributed by atoms with Gasteiger partial charge >= 0.3 is 0 Å². The predicted octanol–water partition coefficient (Wildman–Crippen LogP) is 1.42. The summed E-state index contributed by atoms with van der Waals surface area (Å²) in [4.78, 5) is 16.3. The number of fused-ring (bicyclic) bond motifs is 1. The molecule has 0 aliphatic carbocycles. The molecule has 1 atom stereocenters. The Morgan fingerprint density at radius 1 is 1.56 bits per heavy atom. The molecule has 0 aromatic carbocycles. The largest absolute Gasteiger partial charge is 0.376 e. The van der Waals surface area contributed by atoms with E-state index in [4.69, 9.17) is 10.5 Å². The van der Waals surface area contributed by atoms with Crippen molar-refractivity contribution >= 4 is 29.7 Å². The molecule has 3 heterocycles. The minimum atomic E-state index is 0. The lowest BCUT2D eigenvalue weighted by Gasteiger charge is -2.14. The number of thiophene rings is 1. The van der Waals surface area contributed by atoms with E-state index in [1.807, 2.05) is 11.0 Å². The zero-order valence-electron chi connectivity index (χ0n) is 10.1. The number of likely N-dealkylation sites (tertiary alicyclic amines) is 1. The highest BCUT2D eigenvalue weighted by atomic mass is 35.5. The highest BCUT2D eigenvalue weighted by molar-refractivity contribution is 7.14. The summed E-state index contributed by atoms with van der Waals surface area (Å²) in [5, 5.41) is 0. The quantitative estimate of drug-likeness (QED) is 0.850. The Morgan fingerprint density at radius 3 is 3.06 bits per heavy atom. The van der Waals surface area contributed by atoms with Crippen molar-refractivity contribution in [3.8, 4) is 0 Å². The second-order valence-electron chi connectivity index (χ2n) is 4.66. The minimum Gasteiger partial charge on any atom is -0.376 e. The van der Waals surface area contributed by atoms with Gasteiger partial charge in [0.05, 0.1) is 18.1 Å². The molecule has 1 amide bonds. The molecule has 1 aromatic rings. The standard InChI is InChI=1S/C12H16N2O2S.ClH/c13-9-1-3-14(6-9)12(15)11-5-8-7-16-4-2-10(8)17-11;/h5,9H,1-4,6-7,13H2;1H/t9-;/m1./s1. The number of rotatable bonds is 1. The second kappa shape index (κ2) is 5.57. The van der Waals surface area contributed by atoms with Crippen molar-refractivity contribution < 1.29 is 9.53 Å². The maximum absolute atomic E-state index is 12.3. The highest BCUT2D eigenvalue weighted by Crippen LogP contribution is 2.28. The van der Waals surface area contributed by atoms with Crippen LogP contribution in [0.5, 0.6) is 0 Å².